The van der Waals surface area contributed by atoms with E-state index in [9.17, 15) is 4.79 Å². The van der Waals surface area contributed by atoms with Crippen molar-refractivity contribution < 1.29 is 4.79 Å². The highest BCUT2D eigenvalue weighted by Crippen LogP contribution is 2.31. The molecule has 2 rings (SSSR count). The lowest BCUT2D eigenvalue weighted by Gasteiger charge is -2.18. The van der Waals surface area contributed by atoms with Gasteiger partial charge in [-0.15, -0.1) is 11.3 Å². The minimum atomic E-state index is -0.176. The van der Waals surface area contributed by atoms with Crippen LogP contribution < -0.4 is 16.0 Å². The number of rotatable bonds is 5. The van der Waals surface area contributed by atoms with Crippen LogP contribution in [0.4, 0.5) is 10.8 Å². The van der Waals surface area contributed by atoms with Gasteiger partial charge in [0.2, 0.25) is 0 Å². The summed E-state index contributed by atoms with van der Waals surface area (Å²) >= 11 is 6.34. The van der Waals surface area contributed by atoms with E-state index in [0.29, 0.717) is 12.1 Å². The Kier molecular flexibility index (Phi) is 5.23. The molecule has 0 saturated heterocycles. The first-order valence-corrected chi connectivity index (χ1v) is 8.83. The molecule has 0 spiro atoms. The molecular weight excluding hydrogens is 372 g/mol. The van der Waals surface area contributed by atoms with E-state index < -0.39 is 0 Å². The molecule has 2 aromatic heterocycles. The highest BCUT2D eigenvalue weighted by atomic mass is 79.9. The van der Waals surface area contributed by atoms with Crippen LogP contribution in [0.2, 0.25) is 0 Å². The van der Waals surface area contributed by atoms with Crippen LogP contribution in [0.15, 0.2) is 15.2 Å². The predicted octanol–water partition coefficient (Wildman–Crippen LogP) is 3.32. The van der Waals surface area contributed by atoms with Gasteiger partial charge in [0, 0.05) is 19.6 Å². The number of carbonyl (C=O) groups is 1. The average Bonchev–Trinajstić information content (AvgIpc) is 2.94. The van der Waals surface area contributed by atoms with E-state index in [-0.39, 0.29) is 17.8 Å². The molecule has 0 aliphatic heterocycles. The second kappa shape index (κ2) is 6.76. The second-order valence-corrected chi connectivity index (χ2v) is 8.03. The molecule has 0 aliphatic rings. The number of anilines is 2. The zero-order chi connectivity index (χ0) is 15.6. The molecule has 1 amide bonds. The highest BCUT2D eigenvalue weighted by molar-refractivity contribution is 9.11. The highest BCUT2D eigenvalue weighted by Gasteiger charge is 2.22. The summed E-state index contributed by atoms with van der Waals surface area (Å²) in [5, 5.41) is 5.73. The zero-order valence-electron chi connectivity index (χ0n) is 12.0. The number of amides is 1. The Hall–Kier alpha value is -1.12. The molecule has 8 heteroatoms. The number of nitrogens with two attached hydrogens (primary N) is 1. The van der Waals surface area contributed by atoms with Gasteiger partial charge in [-0.25, -0.2) is 0 Å². The maximum Gasteiger partial charge on any atom is 0.258 e. The molecule has 0 aromatic carbocycles. The Bertz CT molecular complexity index is 638. The van der Waals surface area contributed by atoms with Crippen molar-refractivity contribution in [2.45, 2.75) is 26.4 Å². The van der Waals surface area contributed by atoms with Crippen LogP contribution in [-0.4, -0.2) is 23.4 Å². The summed E-state index contributed by atoms with van der Waals surface area (Å²) in [6.07, 6.45) is 0. The fraction of sp³-hybridized carbons (Fsp3) is 0.385. The summed E-state index contributed by atoms with van der Waals surface area (Å²) in [6.45, 7) is 4.53. The summed E-state index contributed by atoms with van der Waals surface area (Å²) in [6, 6.07) is 2.13. The molecular formula is C13H17BrN4OS2. The first-order chi connectivity index (χ1) is 9.88. The number of nitrogens with one attached hydrogen (secondary N) is 1. The van der Waals surface area contributed by atoms with E-state index >= 15 is 0 Å². The number of nitrogens with zero attached hydrogens (tertiary/aromatic N) is 2. The van der Waals surface area contributed by atoms with Gasteiger partial charge in [-0.05, 0) is 58.3 Å². The fourth-order valence-electron chi connectivity index (χ4n) is 1.88. The van der Waals surface area contributed by atoms with Gasteiger partial charge in [0.1, 0.15) is 10.6 Å². The van der Waals surface area contributed by atoms with E-state index in [1.54, 1.807) is 11.3 Å². The Labute approximate surface area is 140 Å². The van der Waals surface area contributed by atoms with Crippen LogP contribution >= 0.6 is 38.8 Å². The Morgan fingerprint density at radius 2 is 2.29 bits per heavy atom. The molecule has 3 N–H and O–H groups in total. The molecule has 114 valence electrons. The summed E-state index contributed by atoms with van der Waals surface area (Å²) < 4.78 is 5.21. The predicted molar refractivity (Wildman–Crippen MR) is 93.3 cm³/mol. The van der Waals surface area contributed by atoms with Gasteiger partial charge in [0.05, 0.1) is 3.79 Å². The monoisotopic (exact) mass is 388 g/mol. The molecule has 0 atom stereocenters. The normalized spacial score (nSPS) is 10.9. The van der Waals surface area contributed by atoms with Crippen molar-refractivity contribution in [1.82, 2.24) is 9.69 Å². The van der Waals surface area contributed by atoms with E-state index in [4.69, 9.17) is 5.73 Å². The van der Waals surface area contributed by atoms with E-state index in [2.05, 4.69) is 37.1 Å². The lowest BCUT2D eigenvalue weighted by Crippen LogP contribution is -2.31. The van der Waals surface area contributed by atoms with Crippen LogP contribution in [0, 0.1) is 0 Å². The Balaban J connectivity index is 2.21. The van der Waals surface area contributed by atoms with Crippen molar-refractivity contribution in [2.24, 2.45) is 0 Å². The molecule has 5 nitrogen and oxygen atoms in total. The number of nitrogen functional groups attached to an aromatic ring is 1. The van der Waals surface area contributed by atoms with Gasteiger partial charge in [-0.1, -0.05) is 0 Å². The Morgan fingerprint density at radius 3 is 2.86 bits per heavy atom. The first-order valence-electron chi connectivity index (χ1n) is 6.38. The summed E-state index contributed by atoms with van der Waals surface area (Å²) in [7, 11) is 1.94. The smallest absolute Gasteiger partial charge is 0.258 e. The molecule has 0 radical (unpaired) electrons. The topological polar surface area (TPSA) is 71.2 Å². The lowest BCUT2D eigenvalue weighted by molar-refractivity contribution is 0.0944. The Morgan fingerprint density at radius 1 is 1.57 bits per heavy atom. The molecule has 0 saturated carbocycles. The van der Waals surface area contributed by atoms with Crippen LogP contribution in [0.3, 0.4) is 0 Å². The van der Waals surface area contributed by atoms with Crippen molar-refractivity contribution in [3.05, 3.63) is 26.4 Å². The summed E-state index contributed by atoms with van der Waals surface area (Å²) in [5.74, 6) is 0.107. The SMILES string of the molecule is CC(C)NC(=O)c1c(N)nsc1N(C)Cc1csc(Br)c1. The average molecular weight is 389 g/mol. The van der Waals surface area contributed by atoms with Crippen molar-refractivity contribution in [3.8, 4) is 0 Å². The summed E-state index contributed by atoms with van der Waals surface area (Å²) in [5.41, 5.74) is 7.50. The van der Waals surface area contributed by atoms with E-state index in [1.165, 1.54) is 17.1 Å². The second-order valence-electron chi connectivity index (χ2n) is 4.99. The molecule has 0 fully saturated rings. The molecule has 0 bridgehead atoms. The van der Waals surface area contributed by atoms with Crippen LogP contribution in [0.25, 0.3) is 0 Å². The number of thiophene rings is 1. The van der Waals surface area contributed by atoms with E-state index in [1.807, 2.05) is 25.8 Å². The standard InChI is InChI=1S/C13H17BrN4OS2/c1-7(2)16-12(19)10-11(15)17-21-13(10)18(3)5-8-4-9(14)20-6-8/h4,6-7H,5H2,1-3H3,(H2,15,17)(H,16,19). The van der Waals surface area contributed by atoms with Gasteiger partial charge in [-0.3, -0.25) is 4.79 Å². The van der Waals surface area contributed by atoms with Gasteiger partial charge < -0.3 is 16.0 Å². The lowest BCUT2D eigenvalue weighted by atomic mass is 10.2. The molecule has 21 heavy (non-hydrogen) atoms. The van der Waals surface area contributed by atoms with Crippen LogP contribution in [0.1, 0.15) is 29.8 Å². The molecule has 0 aliphatic carbocycles. The quantitative estimate of drug-likeness (QED) is 0.823. The zero-order valence-corrected chi connectivity index (χ0v) is 15.2. The van der Waals surface area contributed by atoms with Crippen LogP contribution in [0.5, 0.6) is 0 Å². The van der Waals surface area contributed by atoms with Crippen molar-refractivity contribution in [2.75, 3.05) is 17.7 Å². The number of aromatic nitrogens is 1. The largest absolute Gasteiger partial charge is 0.382 e. The van der Waals surface area contributed by atoms with Gasteiger partial charge in [0.25, 0.3) is 5.91 Å². The maximum atomic E-state index is 12.3. The summed E-state index contributed by atoms with van der Waals surface area (Å²) in [4.78, 5) is 14.3. The minimum absolute atomic E-state index is 0.0581. The third-order valence-electron chi connectivity index (χ3n) is 2.74. The van der Waals surface area contributed by atoms with Gasteiger partial charge in [0.15, 0.2) is 5.82 Å². The minimum Gasteiger partial charge on any atom is -0.382 e. The van der Waals surface area contributed by atoms with E-state index in [0.717, 1.165) is 8.79 Å². The first kappa shape index (κ1) is 16.3. The number of halogens is 1. The van der Waals surface area contributed by atoms with Gasteiger partial charge in [-0.2, -0.15) is 4.37 Å². The number of hydrogen-bond acceptors (Lipinski definition) is 6. The maximum absolute atomic E-state index is 12.3. The van der Waals surface area contributed by atoms with Crippen molar-refractivity contribution in [3.63, 3.8) is 0 Å². The fourth-order valence-corrected chi connectivity index (χ4v) is 3.84. The van der Waals surface area contributed by atoms with Gasteiger partial charge >= 0.3 is 0 Å². The third kappa shape index (κ3) is 3.96. The third-order valence-corrected chi connectivity index (χ3v) is 5.27. The van der Waals surface area contributed by atoms with Crippen molar-refractivity contribution >= 4 is 55.5 Å². The number of hydrogen-bond donors (Lipinski definition) is 2. The molecule has 0 unspecified atom stereocenters. The molecule has 2 aromatic rings. The van der Waals surface area contributed by atoms with Crippen LogP contribution in [-0.2, 0) is 6.54 Å². The molecule has 2 heterocycles. The van der Waals surface area contributed by atoms with Crippen molar-refractivity contribution in [1.29, 1.82) is 0 Å². The number of carbonyl (C=O) groups excluding carboxylic acids is 1.